The molecule has 3 nitrogen and oxygen atoms in total. The van der Waals surface area contributed by atoms with Gasteiger partial charge in [-0.2, -0.15) is 13.2 Å². The Bertz CT molecular complexity index is 691. The second-order valence-corrected chi connectivity index (χ2v) is 5.27. The first-order chi connectivity index (χ1) is 9.79. The molecule has 0 saturated carbocycles. The lowest BCUT2D eigenvalue weighted by molar-refractivity contribution is -0.136. The van der Waals surface area contributed by atoms with Gasteiger partial charge in [0.15, 0.2) is 0 Å². The van der Waals surface area contributed by atoms with E-state index < -0.39 is 17.6 Å². The molecule has 0 bridgehead atoms. The molecule has 1 aromatic carbocycles. The summed E-state index contributed by atoms with van der Waals surface area (Å²) in [6.45, 7) is 0. The zero-order valence-electron chi connectivity index (χ0n) is 10.2. The van der Waals surface area contributed by atoms with Gasteiger partial charge in [0, 0.05) is 15.7 Å². The van der Waals surface area contributed by atoms with Crippen molar-refractivity contribution in [2.24, 2.45) is 0 Å². The lowest BCUT2D eigenvalue weighted by atomic mass is 10.1. The number of hydrogen-bond donors (Lipinski definition) is 1. The Morgan fingerprint density at radius 1 is 1.29 bits per heavy atom. The summed E-state index contributed by atoms with van der Waals surface area (Å²) in [5.41, 5.74) is -1.41. The smallest absolute Gasteiger partial charge is 0.320 e. The minimum atomic E-state index is -4.63. The third-order valence-electron chi connectivity index (χ3n) is 2.51. The summed E-state index contributed by atoms with van der Waals surface area (Å²) < 4.78 is 39.2. The van der Waals surface area contributed by atoms with Crippen molar-refractivity contribution < 1.29 is 18.0 Å². The largest absolute Gasteiger partial charge is 0.418 e. The van der Waals surface area contributed by atoms with E-state index in [2.05, 4.69) is 26.2 Å². The highest BCUT2D eigenvalue weighted by atomic mass is 79.9. The lowest BCUT2D eigenvalue weighted by Crippen LogP contribution is -2.18. The van der Waals surface area contributed by atoms with E-state index >= 15 is 0 Å². The molecule has 110 valence electrons. The summed E-state index contributed by atoms with van der Waals surface area (Å²) in [6, 6.07) is 6.27. The normalized spacial score (nSPS) is 11.3. The number of anilines is 1. The van der Waals surface area contributed by atoms with E-state index in [4.69, 9.17) is 11.6 Å². The van der Waals surface area contributed by atoms with Crippen molar-refractivity contribution in [3.05, 3.63) is 57.3 Å². The molecule has 1 aromatic heterocycles. The molecule has 0 saturated heterocycles. The molecule has 1 N–H and O–H groups in total. The number of rotatable bonds is 2. The van der Waals surface area contributed by atoms with Crippen molar-refractivity contribution in [3.63, 3.8) is 0 Å². The summed E-state index contributed by atoms with van der Waals surface area (Å²) in [5.74, 6) is -0.754. The topological polar surface area (TPSA) is 42.0 Å². The summed E-state index contributed by atoms with van der Waals surface area (Å²) >= 11 is 8.68. The van der Waals surface area contributed by atoms with Gasteiger partial charge in [0.1, 0.15) is 5.69 Å². The van der Waals surface area contributed by atoms with E-state index in [0.29, 0.717) is 4.47 Å². The molecular formula is C13H7BrClF3N2O. The predicted molar refractivity (Wildman–Crippen MR) is 76.3 cm³/mol. The van der Waals surface area contributed by atoms with Crippen molar-refractivity contribution in [3.8, 4) is 0 Å². The Kier molecular flexibility index (Phi) is 4.53. The second kappa shape index (κ2) is 6.03. The molecule has 1 heterocycles. The van der Waals surface area contributed by atoms with Crippen LogP contribution in [0.3, 0.4) is 0 Å². The van der Waals surface area contributed by atoms with Crippen LogP contribution in [0.25, 0.3) is 0 Å². The average Bonchev–Trinajstić information content (AvgIpc) is 2.40. The van der Waals surface area contributed by atoms with Crippen LogP contribution in [0.4, 0.5) is 18.9 Å². The van der Waals surface area contributed by atoms with Gasteiger partial charge in [-0.05, 0) is 46.3 Å². The molecule has 0 aliphatic carbocycles. The summed E-state index contributed by atoms with van der Waals surface area (Å²) in [4.78, 5) is 15.8. The molecule has 0 aliphatic rings. The van der Waals surface area contributed by atoms with E-state index in [-0.39, 0.29) is 16.4 Å². The number of pyridine rings is 1. The first-order valence-corrected chi connectivity index (χ1v) is 6.75. The fourth-order valence-electron chi connectivity index (χ4n) is 1.59. The number of carbonyl (C=O) groups is 1. The number of hydrogen-bond acceptors (Lipinski definition) is 2. The fraction of sp³-hybridized carbons (Fsp3) is 0.0769. The highest BCUT2D eigenvalue weighted by molar-refractivity contribution is 9.10. The summed E-state index contributed by atoms with van der Waals surface area (Å²) in [6.07, 6.45) is -3.26. The number of amides is 1. The van der Waals surface area contributed by atoms with Crippen LogP contribution < -0.4 is 5.32 Å². The standard InChI is InChI=1S/C13H7BrClF3N2O/c14-9-2-1-5-19-11(9)12(21)20-10-4-3-7(15)6-8(10)13(16,17)18/h1-6H,(H,20,21). The predicted octanol–water partition coefficient (Wildman–Crippen LogP) is 4.77. The second-order valence-electron chi connectivity index (χ2n) is 3.98. The zero-order valence-corrected chi connectivity index (χ0v) is 12.6. The Morgan fingerprint density at radius 3 is 2.62 bits per heavy atom. The van der Waals surface area contributed by atoms with Crippen LogP contribution >= 0.6 is 27.5 Å². The molecule has 1 amide bonds. The Balaban J connectivity index is 2.36. The molecule has 21 heavy (non-hydrogen) atoms. The van der Waals surface area contributed by atoms with Gasteiger partial charge in [-0.3, -0.25) is 4.79 Å². The fourth-order valence-corrected chi connectivity index (χ4v) is 2.20. The van der Waals surface area contributed by atoms with E-state index in [1.54, 1.807) is 12.1 Å². The molecule has 0 unspecified atom stereocenters. The maximum absolute atomic E-state index is 12.9. The van der Waals surface area contributed by atoms with Gasteiger partial charge < -0.3 is 5.32 Å². The van der Waals surface area contributed by atoms with E-state index in [9.17, 15) is 18.0 Å². The quantitative estimate of drug-likeness (QED) is 0.817. The number of nitrogens with zero attached hydrogens (tertiary/aromatic N) is 1. The molecule has 0 radical (unpaired) electrons. The van der Waals surface area contributed by atoms with Crippen LogP contribution in [-0.2, 0) is 6.18 Å². The SMILES string of the molecule is O=C(Nc1ccc(Cl)cc1C(F)(F)F)c1ncccc1Br. The third kappa shape index (κ3) is 3.74. The maximum atomic E-state index is 12.9. The van der Waals surface area contributed by atoms with Crippen LogP contribution in [0.2, 0.25) is 5.02 Å². The Labute approximate surface area is 131 Å². The van der Waals surface area contributed by atoms with Gasteiger partial charge in [-0.15, -0.1) is 0 Å². The van der Waals surface area contributed by atoms with Gasteiger partial charge in [-0.1, -0.05) is 11.6 Å². The highest BCUT2D eigenvalue weighted by Crippen LogP contribution is 2.36. The van der Waals surface area contributed by atoms with Crippen LogP contribution in [0.15, 0.2) is 41.0 Å². The van der Waals surface area contributed by atoms with Gasteiger partial charge in [0.2, 0.25) is 0 Å². The van der Waals surface area contributed by atoms with Gasteiger partial charge in [-0.25, -0.2) is 4.98 Å². The monoisotopic (exact) mass is 378 g/mol. The molecule has 2 rings (SSSR count). The van der Waals surface area contributed by atoms with Crippen molar-refractivity contribution >= 4 is 39.1 Å². The molecule has 0 atom stereocenters. The van der Waals surface area contributed by atoms with Crippen molar-refractivity contribution in [2.45, 2.75) is 6.18 Å². The summed E-state index contributed by atoms with van der Waals surface area (Å²) in [7, 11) is 0. The number of aromatic nitrogens is 1. The van der Waals surface area contributed by atoms with Crippen LogP contribution in [-0.4, -0.2) is 10.9 Å². The third-order valence-corrected chi connectivity index (χ3v) is 3.38. The van der Waals surface area contributed by atoms with E-state index in [0.717, 1.165) is 12.1 Å². The highest BCUT2D eigenvalue weighted by Gasteiger charge is 2.34. The number of halogens is 5. The number of benzene rings is 1. The van der Waals surface area contributed by atoms with Crippen LogP contribution in [0.1, 0.15) is 16.1 Å². The van der Waals surface area contributed by atoms with Crippen molar-refractivity contribution in [1.82, 2.24) is 4.98 Å². The Hall–Kier alpha value is -1.60. The van der Waals surface area contributed by atoms with Crippen LogP contribution in [0.5, 0.6) is 0 Å². The minimum Gasteiger partial charge on any atom is -0.320 e. The molecule has 0 aliphatic heterocycles. The number of carbonyl (C=O) groups excluding carboxylic acids is 1. The minimum absolute atomic E-state index is 0.0134. The van der Waals surface area contributed by atoms with E-state index in [1.807, 2.05) is 0 Å². The van der Waals surface area contributed by atoms with Crippen molar-refractivity contribution in [1.29, 1.82) is 0 Å². The number of alkyl halides is 3. The number of nitrogens with one attached hydrogen (secondary N) is 1. The van der Waals surface area contributed by atoms with Gasteiger partial charge in [0.05, 0.1) is 11.3 Å². The van der Waals surface area contributed by atoms with E-state index in [1.165, 1.54) is 12.3 Å². The van der Waals surface area contributed by atoms with Crippen molar-refractivity contribution in [2.75, 3.05) is 5.32 Å². The Morgan fingerprint density at radius 2 is 2.00 bits per heavy atom. The molecule has 8 heteroatoms. The zero-order chi connectivity index (χ0) is 15.6. The maximum Gasteiger partial charge on any atom is 0.418 e. The molecular weight excluding hydrogens is 373 g/mol. The van der Waals surface area contributed by atoms with Gasteiger partial charge in [0.25, 0.3) is 5.91 Å². The molecule has 0 fully saturated rings. The molecule has 0 spiro atoms. The van der Waals surface area contributed by atoms with Gasteiger partial charge >= 0.3 is 6.18 Å². The summed E-state index contributed by atoms with van der Waals surface area (Å²) in [5, 5.41) is 2.12. The first kappa shape index (κ1) is 15.8. The molecule has 2 aromatic rings. The van der Waals surface area contributed by atoms with Crippen LogP contribution in [0, 0.1) is 0 Å². The first-order valence-electron chi connectivity index (χ1n) is 5.57. The lowest BCUT2D eigenvalue weighted by Gasteiger charge is -2.14. The average molecular weight is 380 g/mol.